The maximum absolute atomic E-state index is 13.3. The molecule has 0 aromatic heterocycles. The van der Waals surface area contributed by atoms with Crippen LogP contribution in [0.2, 0.25) is 0 Å². The summed E-state index contributed by atoms with van der Waals surface area (Å²) in [5.74, 6) is 0.456. The van der Waals surface area contributed by atoms with Gasteiger partial charge >= 0.3 is 0 Å². The Balaban J connectivity index is 1.75. The summed E-state index contributed by atoms with van der Waals surface area (Å²) in [5, 5.41) is 12.7. The topological polar surface area (TPSA) is 47.3 Å². The van der Waals surface area contributed by atoms with Crippen molar-refractivity contribution < 1.29 is 4.79 Å². The molecule has 1 amide bonds. The highest BCUT2D eigenvalue weighted by molar-refractivity contribution is 9.10. The first-order valence-corrected chi connectivity index (χ1v) is 11.7. The van der Waals surface area contributed by atoms with Gasteiger partial charge in [-0.1, -0.05) is 64.9 Å². The maximum atomic E-state index is 13.3. The van der Waals surface area contributed by atoms with E-state index in [2.05, 4.69) is 28.9 Å². The molecule has 0 radical (unpaired) electrons. The van der Waals surface area contributed by atoms with Gasteiger partial charge in [-0.2, -0.15) is 5.26 Å². The summed E-state index contributed by atoms with van der Waals surface area (Å²) in [6.45, 7) is 3.63. The van der Waals surface area contributed by atoms with Crippen molar-refractivity contribution in [1.82, 2.24) is 4.90 Å². The zero-order valence-corrected chi connectivity index (χ0v) is 19.1. The molecular weight excluding hydrogens is 458 g/mol. The first kappa shape index (κ1) is 20.8. The van der Waals surface area contributed by atoms with Gasteiger partial charge in [-0.3, -0.25) is 4.79 Å². The SMILES string of the molecule is CC1CCN(C(=O)C(C#N)=C2SC=C(c3ccc(Br)cc3)N2c2ccccc2)CC1. The second kappa shape index (κ2) is 9.11. The van der Waals surface area contributed by atoms with Crippen molar-refractivity contribution in [2.75, 3.05) is 18.0 Å². The van der Waals surface area contributed by atoms with Crippen LogP contribution < -0.4 is 4.90 Å². The Kier molecular flexibility index (Phi) is 6.31. The number of halogens is 1. The smallest absolute Gasteiger partial charge is 0.267 e. The van der Waals surface area contributed by atoms with Crippen LogP contribution in [0.1, 0.15) is 25.3 Å². The highest BCUT2D eigenvalue weighted by Gasteiger charge is 2.32. The minimum atomic E-state index is -0.168. The van der Waals surface area contributed by atoms with E-state index in [1.54, 1.807) is 0 Å². The van der Waals surface area contributed by atoms with Crippen LogP contribution in [0.5, 0.6) is 0 Å². The first-order valence-electron chi connectivity index (χ1n) is 10.00. The van der Waals surface area contributed by atoms with E-state index in [1.165, 1.54) is 11.8 Å². The molecule has 0 spiro atoms. The molecule has 0 aliphatic carbocycles. The zero-order valence-electron chi connectivity index (χ0n) is 16.7. The highest BCUT2D eigenvalue weighted by atomic mass is 79.9. The minimum absolute atomic E-state index is 0.168. The molecule has 152 valence electrons. The molecule has 4 nitrogen and oxygen atoms in total. The maximum Gasteiger partial charge on any atom is 0.267 e. The Morgan fingerprint density at radius 3 is 2.40 bits per heavy atom. The zero-order chi connectivity index (χ0) is 21.1. The number of benzene rings is 2. The number of nitrogens with zero attached hydrogens (tertiary/aromatic N) is 3. The van der Waals surface area contributed by atoms with E-state index in [9.17, 15) is 10.1 Å². The molecule has 30 heavy (non-hydrogen) atoms. The molecule has 2 aliphatic heterocycles. The molecule has 2 heterocycles. The van der Waals surface area contributed by atoms with Crippen LogP contribution in [0.4, 0.5) is 5.69 Å². The van der Waals surface area contributed by atoms with Gasteiger partial charge < -0.3 is 9.80 Å². The van der Waals surface area contributed by atoms with Crippen LogP contribution >= 0.6 is 27.7 Å². The molecule has 2 aliphatic rings. The normalized spacial score (nSPS) is 18.8. The average molecular weight is 480 g/mol. The summed E-state index contributed by atoms with van der Waals surface area (Å²) in [6.07, 6.45) is 1.97. The highest BCUT2D eigenvalue weighted by Crippen LogP contribution is 2.44. The summed E-state index contributed by atoms with van der Waals surface area (Å²) >= 11 is 4.93. The number of para-hydroxylation sites is 1. The molecule has 4 rings (SSSR count). The lowest BCUT2D eigenvalue weighted by molar-refractivity contribution is -0.128. The van der Waals surface area contributed by atoms with Crippen molar-refractivity contribution in [1.29, 1.82) is 5.26 Å². The molecule has 0 unspecified atom stereocenters. The number of nitriles is 1. The second-order valence-corrected chi connectivity index (χ2v) is 9.34. The lowest BCUT2D eigenvalue weighted by atomic mass is 9.99. The fraction of sp³-hybridized carbons (Fsp3) is 0.250. The van der Waals surface area contributed by atoms with Gasteiger partial charge in [0.05, 0.1) is 5.70 Å². The van der Waals surface area contributed by atoms with E-state index in [-0.39, 0.29) is 11.5 Å². The Bertz CT molecular complexity index is 1030. The minimum Gasteiger partial charge on any atom is -0.338 e. The summed E-state index contributed by atoms with van der Waals surface area (Å²) in [5.41, 5.74) is 3.13. The van der Waals surface area contributed by atoms with Crippen molar-refractivity contribution in [3.8, 4) is 6.07 Å². The Labute approximate surface area is 190 Å². The lowest BCUT2D eigenvalue weighted by Gasteiger charge is -2.31. The number of carbonyl (C=O) groups is 1. The van der Waals surface area contributed by atoms with E-state index < -0.39 is 0 Å². The third-order valence-electron chi connectivity index (χ3n) is 5.49. The number of hydrogen-bond acceptors (Lipinski definition) is 4. The van der Waals surface area contributed by atoms with Gasteiger partial charge in [0.15, 0.2) is 0 Å². The van der Waals surface area contributed by atoms with E-state index >= 15 is 0 Å². The van der Waals surface area contributed by atoms with Crippen LogP contribution in [0.25, 0.3) is 5.70 Å². The van der Waals surface area contributed by atoms with Gasteiger partial charge in [-0.05, 0) is 48.6 Å². The monoisotopic (exact) mass is 479 g/mol. The predicted octanol–water partition coefficient (Wildman–Crippen LogP) is 5.99. The van der Waals surface area contributed by atoms with Gasteiger partial charge in [0.1, 0.15) is 16.7 Å². The largest absolute Gasteiger partial charge is 0.338 e. The van der Waals surface area contributed by atoms with Crippen molar-refractivity contribution >= 4 is 45.0 Å². The molecule has 1 fully saturated rings. The molecule has 0 saturated carbocycles. The number of anilines is 1. The number of hydrogen-bond donors (Lipinski definition) is 0. The van der Waals surface area contributed by atoms with E-state index in [1.807, 2.05) is 69.8 Å². The summed E-state index contributed by atoms with van der Waals surface area (Å²) in [7, 11) is 0. The lowest BCUT2D eigenvalue weighted by Crippen LogP contribution is -2.39. The van der Waals surface area contributed by atoms with Gasteiger partial charge in [0.2, 0.25) is 0 Å². The Morgan fingerprint density at radius 2 is 1.77 bits per heavy atom. The number of piperidine rings is 1. The van der Waals surface area contributed by atoms with E-state index in [0.29, 0.717) is 24.0 Å². The second-order valence-electron chi connectivity index (χ2n) is 7.57. The molecular formula is C24H22BrN3OS. The number of amides is 1. The molecule has 0 atom stereocenters. The quantitative estimate of drug-likeness (QED) is 0.400. The average Bonchev–Trinajstić information content (AvgIpc) is 3.20. The van der Waals surface area contributed by atoms with Gasteiger partial charge in [0.25, 0.3) is 5.91 Å². The number of carbonyl (C=O) groups excluding carboxylic acids is 1. The third kappa shape index (κ3) is 4.19. The third-order valence-corrected chi connectivity index (χ3v) is 6.97. The summed E-state index contributed by atoms with van der Waals surface area (Å²) in [4.78, 5) is 17.1. The van der Waals surface area contributed by atoms with Crippen molar-refractivity contribution in [3.63, 3.8) is 0 Å². The fourth-order valence-corrected chi connectivity index (χ4v) is 4.99. The van der Waals surface area contributed by atoms with Gasteiger partial charge in [-0.25, -0.2) is 0 Å². The van der Waals surface area contributed by atoms with Crippen molar-refractivity contribution in [2.24, 2.45) is 5.92 Å². The number of likely N-dealkylation sites (tertiary alicyclic amines) is 1. The van der Waals surface area contributed by atoms with Crippen molar-refractivity contribution in [3.05, 3.63) is 80.6 Å². The number of rotatable bonds is 3. The van der Waals surface area contributed by atoms with Crippen LogP contribution in [0.15, 0.2) is 75.1 Å². The van der Waals surface area contributed by atoms with E-state index in [0.717, 1.165) is 34.3 Å². The summed E-state index contributed by atoms with van der Waals surface area (Å²) < 4.78 is 1.01. The predicted molar refractivity (Wildman–Crippen MR) is 126 cm³/mol. The van der Waals surface area contributed by atoms with Crippen LogP contribution in [-0.4, -0.2) is 23.9 Å². The molecule has 1 saturated heterocycles. The van der Waals surface area contributed by atoms with Crippen LogP contribution in [-0.2, 0) is 4.79 Å². The molecule has 2 aromatic rings. The first-order chi connectivity index (χ1) is 14.6. The van der Waals surface area contributed by atoms with Crippen molar-refractivity contribution in [2.45, 2.75) is 19.8 Å². The Morgan fingerprint density at radius 1 is 1.10 bits per heavy atom. The molecule has 6 heteroatoms. The molecule has 2 aromatic carbocycles. The number of thioether (sulfide) groups is 1. The molecule has 0 N–H and O–H groups in total. The van der Waals surface area contributed by atoms with E-state index in [4.69, 9.17) is 0 Å². The van der Waals surface area contributed by atoms with Crippen LogP contribution in [0, 0.1) is 17.2 Å². The summed E-state index contributed by atoms with van der Waals surface area (Å²) in [6, 6.07) is 20.2. The standard InChI is InChI=1S/C24H22BrN3OS/c1-17-11-13-27(14-12-17)23(29)21(15-26)24-28(20-5-3-2-4-6-20)22(16-30-24)18-7-9-19(25)10-8-18/h2-10,16-17H,11-14H2,1H3. The fourth-order valence-electron chi connectivity index (χ4n) is 3.71. The Hall–Kier alpha value is -2.49. The van der Waals surface area contributed by atoms with Gasteiger partial charge in [-0.15, -0.1) is 0 Å². The molecule has 0 bridgehead atoms. The van der Waals surface area contributed by atoms with Crippen LogP contribution in [0.3, 0.4) is 0 Å². The van der Waals surface area contributed by atoms with Gasteiger partial charge in [0, 0.05) is 28.7 Å².